The van der Waals surface area contributed by atoms with Gasteiger partial charge in [-0.2, -0.15) is 0 Å². The quantitative estimate of drug-likeness (QED) is 0.178. The summed E-state index contributed by atoms with van der Waals surface area (Å²) in [6.45, 7) is 0. The van der Waals surface area contributed by atoms with Crippen molar-refractivity contribution < 1.29 is 22.4 Å². The van der Waals surface area contributed by atoms with Crippen molar-refractivity contribution in [3.63, 3.8) is 0 Å². The molecule has 3 aromatic carbocycles. The van der Waals surface area contributed by atoms with E-state index in [1.165, 1.54) is 15.9 Å². The van der Waals surface area contributed by atoms with Crippen molar-refractivity contribution in [2.24, 2.45) is 0 Å². The van der Waals surface area contributed by atoms with E-state index in [0.717, 1.165) is 0 Å². The van der Waals surface area contributed by atoms with E-state index in [2.05, 4.69) is 95.9 Å². The van der Waals surface area contributed by atoms with Gasteiger partial charge in [0.1, 0.15) is 0 Å². The van der Waals surface area contributed by atoms with Gasteiger partial charge >= 0.3 is 22.4 Å². The van der Waals surface area contributed by atoms with E-state index in [1.807, 2.05) is 22.6 Å². The molecule has 3 heteroatoms. The Morgan fingerprint density at radius 2 is 0.727 bits per heavy atom. The minimum absolute atomic E-state index is 0. The van der Waals surface area contributed by atoms with Crippen molar-refractivity contribution in [3.8, 4) is 0 Å². The van der Waals surface area contributed by atoms with Crippen LogP contribution in [0.3, 0.4) is 0 Å². The molecule has 0 aliphatic carbocycles. The van der Waals surface area contributed by atoms with Crippen LogP contribution in [0, 0.1) is 4.93 Å². The predicted molar refractivity (Wildman–Crippen MR) is 105 cm³/mol. The van der Waals surface area contributed by atoms with Gasteiger partial charge in [0.2, 0.25) is 0 Å². The van der Waals surface area contributed by atoms with E-state index >= 15 is 0 Å². The monoisotopic (exact) mass is 600 g/mol. The normalized spacial score (nSPS) is 9.41. The van der Waals surface area contributed by atoms with E-state index < -0.39 is 7.92 Å². The van der Waals surface area contributed by atoms with Crippen LogP contribution in [0.2, 0.25) is 0 Å². The Bertz CT molecular complexity index is 535. The van der Waals surface area contributed by atoms with Crippen molar-refractivity contribution >= 4 is 46.4 Å². The minimum atomic E-state index is -0.446. The molecule has 0 N–H and O–H groups in total. The molecule has 0 atom stereocenters. The summed E-state index contributed by atoms with van der Waals surface area (Å²) in [5, 5.41) is 4.19. The average Bonchev–Trinajstić information content (AvgIpc) is 2.60. The standard InChI is InChI=1S/C18H15P.CH2I.Au/c1-4-10-16(11-5-1)19(17-12-6-2-7-13-17)18-14-8-3-9-15-18;1-2;/h1-15H;1H2;/q;-1;+1. The third kappa shape index (κ3) is 5.33. The fourth-order valence-electron chi connectivity index (χ4n) is 2.18. The molecule has 116 valence electrons. The molecular formula is C19H17AuIP. The largest absolute Gasteiger partial charge is 1.00 e. The number of hydrogen-bond donors (Lipinski definition) is 0. The number of rotatable bonds is 3. The molecule has 0 aromatic heterocycles. The summed E-state index contributed by atoms with van der Waals surface area (Å²) < 4.78 is 0. The van der Waals surface area contributed by atoms with Crippen LogP contribution in [0.25, 0.3) is 0 Å². The van der Waals surface area contributed by atoms with Gasteiger partial charge in [0.05, 0.1) is 0 Å². The van der Waals surface area contributed by atoms with Gasteiger partial charge in [-0.1, -0.05) is 91.0 Å². The fourth-order valence-corrected chi connectivity index (χ4v) is 4.48. The summed E-state index contributed by atoms with van der Waals surface area (Å²) in [7, 11) is -0.446. The summed E-state index contributed by atoms with van der Waals surface area (Å²) in [6, 6.07) is 32.3. The Balaban J connectivity index is 0.000000775. The topological polar surface area (TPSA) is 0 Å². The van der Waals surface area contributed by atoms with E-state index in [-0.39, 0.29) is 22.4 Å². The zero-order valence-electron chi connectivity index (χ0n) is 12.0. The van der Waals surface area contributed by atoms with Gasteiger partial charge in [0.15, 0.2) is 0 Å². The molecule has 3 aromatic rings. The van der Waals surface area contributed by atoms with Gasteiger partial charge in [-0.25, -0.2) is 0 Å². The van der Waals surface area contributed by atoms with Crippen LogP contribution in [0.5, 0.6) is 0 Å². The number of benzene rings is 3. The van der Waals surface area contributed by atoms with E-state index in [0.29, 0.717) is 0 Å². The molecule has 0 aliphatic rings. The maximum atomic E-state index is 3.22. The second-order valence-corrected chi connectivity index (χ2v) is 6.56. The first-order valence-electron chi connectivity index (χ1n) is 6.67. The molecule has 0 bridgehead atoms. The molecule has 22 heavy (non-hydrogen) atoms. The van der Waals surface area contributed by atoms with E-state index in [4.69, 9.17) is 0 Å². The Morgan fingerprint density at radius 1 is 0.500 bits per heavy atom. The van der Waals surface area contributed by atoms with E-state index in [9.17, 15) is 0 Å². The second-order valence-electron chi connectivity index (χ2n) is 4.34. The molecule has 0 radical (unpaired) electrons. The van der Waals surface area contributed by atoms with Crippen LogP contribution in [-0.2, 0) is 22.4 Å². The van der Waals surface area contributed by atoms with Crippen molar-refractivity contribution in [1.29, 1.82) is 0 Å². The summed E-state index contributed by atoms with van der Waals surface area (Å²) in [5.41, 5.74) is 0. The first-order valence-corrected chi connectivity index (χ1v) is 9.54. The number of halogens is 1. The summed E-state index contributed by atoms with van der Waals surface area (Å²) >= 11 is 1.90. The molecule has 0 fully saturated rings. The van der Waals surface area contributed by atoms with Gasteiger partial charge in [0.25, 0.3) is 0 Å². The van der Waals surface area contributed by atoms with Gasteiger partial charge in [-0.15, -0.1) is 0 Å². The fraction of sp³-hybridized carbons (Fsp3) is 0. The first kappa shape index (κ1) is 19.6. The summed E-state index contributed by atoms with van der Waals surface area (Å²) in [6.07, 6.45) is 0. The Kier molecular flexibility index (Phi) is 9.94. The molecule has 0 amide bonds. The zero-order chi connectivity index (χ0) is 14.9. The van der Waals surface area contributed by atoms with Crippen LogP contribution < -0.4 is 15.9 Å². The molecule has 0 heterocycles. The van der Waals surface area contributed by atoms with Crippen LogP contribution >= 0.6 is 30.5 Å². The van der Waals surface area contributed by atoms with Gasteiger partial charge < -0.3 is 22.6 Å². The van der Waals surface area contributed by atoms with Gasteiger partial charge in [0, 0.05) is 0 Å². The summed E-state index contributed by atoms with van der Waals surface area (Å²) in [4.78, 5) is 3.22. The van der Waals surface area contributed by atoms with Crippen LogP contribution in [0.15, 0.2) is 91.0 Å². The zero-order valence-corrected chi connectivity index (χ0v) is 17.2. The minimum Gasteiger partial charge on any atom is -0.319 e. The van der Waals surface area contributed by atoms with E-state index in [1.54, 1.807) is 0 Å². The Labute approximate surface area is 163 Å². The Morgan fingerprint density at radius 3 is 0.955 bits per heavy atom. The maximum absolute atomic E-state index is 3.22. The molecule has 0 unspecified atom stereocenters. The van der Waals surface area contributed by atoms with Gasteiger partial charge in [-0.05, 0) is 23.8 Å². The van der Waals surface area contributed by atoms with Crippen molar-refractivity contribution in [1.82, 2.24) is 0 Å². The molecular weight excluding hydrogens is 583 g/mol. The summed E-state index contributed by atoms with van der Waals surface area (Å²) in [5.74, 6) is 0. The smallest absolute Gasteiger partial charge is 0.319 e. The number of hydrogen-bond acceptors (Lipinski definition) is 0. The molecule has 0 saturated heterocycles. The van der Waals surface area contributed by atoms with Crippen LogP contribution in [0.1, 0.15) is 0 Å². The molecule has 3 rings (SSSR count). The van der Waals surface area contributed by atoms with Gasteiger partial charge in [-0.3, -0.25) is 4.93 Å². The van der Waals surface area contributed by atoms with Crippen LogP contribution in [0.4, 0.5) is 0 Å². The third-order valence-electron chi connectivity index (χ3n) is 3.04. The van der Waals surface area contributed by atoms with Crippen LogP contribution in [-0.4, -0.2) is 0 Å². The first-order chi connectivity index (χ1) is 10.4. The molecule has 0 aliphatic heterocycles. The second kappa shape index (κ2) is 11.2. The average molecular weight is 600 g/mol. The predicted octanol–water partition coefficient (Wildman–Crippen LogP) is 4.66. The Hall–Kier alpha value is -0.440. The SMILES string of the molecule is [Au+].[CH2-]I.c1ccc(P(c2ccccc2)c2ccccc2)cc1. The maximum Gasteiger partial charge on any atom is 1.00 e. The van der Waals surface area contributed by atoms with Crippen molar-refractivity contribution in [2.45, 2.75) is 0 Å². The van der Waals surface area contributed by atoms with Crippen molar-refractivity contribution in [2.75, 3.05) is 0 Å². The van der Waals surface area contributed by atoms with Crippen molar-refractivity contribution in [3.05, 3.63) is 95.9 Å². The molecule has 0 spiro atoms. The molecule has 0 saturated carbocycles. The third-order valence-corrected chi connectivity index (χ3v) is 5.49. The molecule has 0 nitrogen and oxygen atoms in total.